The van der Waals surface area contributed by atoms with Gasteiger partial charge in [0.2, 0.25) is 0 Å². The van der Waals surface area contributed by atoms with Crippen LogP contribution in [0, 0.1) is 13.8 Å². The first-order valence-corrected chi connectivity index (χ1v) is 8.49. The Bertz CT molecular complexity index is 691. The monoisotopic (exact) mass is 297 g/mol. The van der Waals surface area contributed by atoms with Crippen molar-refractivity contribution < 1.29 is 0 Å². The van der Waals surface area contributed by atoms with Crippen molar-refractivity contribution >= 4 is 10.9 Å². The number of fused-ring (bicyclic) bond motifs is 2. The predicted octanol–water partition coefficient (Wildman–Crippen LogP) is 3.34. The smallest absolute Gasteiger partial charge is 0.0740 e. The van der Waals surface area contributed by atoms with E-state index in [0.29, 0.717) is 0 Å². The van der Waals surface area contributed by atoms with Crippen LogP contribution in [0.4, 0.5) is 0 Å². The Kier molecular flexibility index (Phi) is 4.46. The van der Waals surface area contributed by atoms with Crippen LogP contribution in [0.25, 0.3) is 10.9 Å². The first kappa shape index (κ1) is 15.4. The third-order valence-corrected chi connectivity index (χ3v) is 5.03. The first-order chi connectivity index (χ1) is 10.7. The number of nitrogens with zero attached hydrogens (tertiary/aromatic N) is 2. The number of hydrogen-bond acceptors (Lipinski definition) is 3. The lowest BCUT2D eigenvalue weighted by Gasteiger charge is -2.30. The maximum atomic E-state index is 5.06. The minimum absolute atomic E-state index is 0.942. The lowest BCUT2D eigenvalue weighted by Crippen LogP contribution is -2.32. The Balaban J connectivity index is 2.21. The van der Waals surface area contributed by atoms with Crippen LogP contribution in [-0.2, 0) is 19.5 Å². The molecule has 0 saturated carbocycles. The van der Waals surface area contributed by atoms with E-state index in [1.165, 1.54) is 38.9 Å². The fraction of sp³-hybridized carbons (Fsp3) is 0.526. The van der Waals surface area contributed by atoms with Crippen LogP contribution >= 0.6 is 0 Å². The second-order valence-electron chi connectivity index (χ2n) is 6.32. The summed E-state index contributed by atoms with van der Waals surface area (Å²) in [6.07, 6.45) is 1.08. The molecule has 22 heavy (non-hydrogen) atoms. The number of pyridine rings is 1. The molecule has 2 aromatic rings. The highest BCUT2D eigenvalue weighted by Crippen LogP contribution is 2.30. The zero-order valence-corrected chi connectivity index (χ0v) is 14.3. The quantitative estimate of drug-likeness (QED) is 0.938. The lowest BCUT2D eigenvalue weighted by atomic mass is 9.93. The van der Waals surface area contributed by atoms with Crippen molar-refractivity contribution in [1.82, 2.24) is 15.2 Å². The summed E-state index contributed by atoms with van der Waals surface area (Å²) < 4.78 is 0. The van der Waals surface area contributed by atoms with Gasteiger partial charge in [0.05, 0.1) is 5.52 Å². The number of rotatable bonds is 4. The van der Waals surface area contributed by atoms with Crippen molar-refractivity contribution in [1.29, 1.82) is 0 Å². The molecule has 0 spiro atoms. The van der Waals surface area contributed by atoms with Crippen LogP contribution < -0.4 is 5.32 Å². The summed E-state index contributed by atoms with van der Waals surface area (Å²) in [6.45, 7) is 14.0. The molecule has 0 radical (unpaired) electrons. The normalized spacial score (nSPS) is 15.3. The third-order valence-electron chi connectivity index (χ3n) is 5.03. The zero-order valence-electron chi connectivity index (χ0n) is 14.3. The van der Waals surface area contributed by atoms with Gasteiger partial charge >= 0.3 is 0 Å². The van der Waals surface area contributed by atoms with Gasteiger partial charge < -0.3 is 5.32 Å². The molecule has 0 atom stereocenters. The molecule has 0 unspecified atom stereocenters. The van der Waals surface area contributed by atoms with E-state index >= 15 is 0 Å². The van der Waals surface area contributed by atoms with Crippen molar-refractivity contribution in [2.24, 2.45) is 0 Å². The molecule has 0 bridgehead atoms. The zero-order chi connectivity index (χ0) is 15.7. The molecule has 2 heterocycles. The van der Waals surface area contributed by atoms with Crippen molar-refractivity contribution in [2.45, 2.75) is 47.2 Å². The number of aromatic nitrogens is 1. The van der Waals surface area contributed by atoms with Gasteiger partial charge in [0.15, 0.2) is 0 Å². The Hall–Kier alpha value is -1.45. The van der Waals surface area contributed by atoms with E-state index in [4.69, 9.17) is 4.98 Å². The molecule has 1 aliphatic rings. The topological polar surface area (TPSA) is 28.2 Å². The highest BCUT2D eigenvalue weighted by molar-refractivity contribution is 5.87. The van der Waals surface area contributed by atoms with Gasteiger partial charge in [-0.25, -0.2) is 0 Å². The van der Waals surface area contributed by atoms with Gasteiger partial charge in [-0.3, -0.25) is 9.88 Å². The second kappa shape index (κ2) is 6.35. The SMILES string of the molecule is CCNCc1c2c(nc3c(C)c(C)ccc13)CCN(CC)C2. The molecule has 0 saturated heterocycles. The third kappa shape index (κ3) is 2.64. The predicted molar refractivity (Wildman–Crippen MR) is 93.3 cm³/mol. The first-order valence-electron chi connectivity index (χ1n) is 8.49. The van der Waals surface area contributed by atoms with Crippen LogP contribution in [0.5, 0.6) is 0 Å². The van der Waals surface area contributed by atoms with Gasteiger partial charge in [0.25, 0.3) is 0 Å². The van der Waals surface area contributed by atoms with E-state index in [1.54, 1.807) is 0 Å². The van der Waals surface area contributed by atoms with Crippen molar-refractivity contribution in [3.05, 3.63) is 40.1 Å². The Morgan fingerprint density at radius 1 is 1.23 bits per heavy atom. The largest absolute Gasteiger partial charge is 0.313 e. The standard InChI is InChI=1S/C19H27N3/c1-5-20-11-16-15-8-7-13(3)14(4)19(15)21-18-9-10-22(6-2)12-17(16)18/h7-8,20H,5-6,9-12H2,1-4H3. The van der Waals surface area contributed by atoms with Crippen LogP contribution in [0.3, 0.4) is 0 Å². The molecular formula is C19H27N3. The molecule has 1 aliphatic heterocycles. The number of nitrogens with one attached hydrogen (secondary N) is 1. The van der Waals surface area contributed by atoms with Crippen molar-refractivity contribution in [3.63, 3.8) is 0 Å². The number of aryl methyl sites for hydroxylation is 2. The summed E-state index contributed by atoms with van der Waals surface area (Å²) in [6, 6.07) is 4.50. The van der Waals surface area contributed by atoms with Gasteiger partial charge in [-0.2, -0.15) is 0 Å². The van der Waals surface area contributed by atoms with Crippen molar-refractivity contribution in [2.75, 3.05) is 19.6 Å². The second-order valence-corrected chi connectivity index (χ2v) is 6.32. The average molecular weight is 297 g/mol. The highest BCUT2D eigenvalue weighted by atomic mass is 15.1. The van der Waals surface area contributed by atoms with E-state index in [9.17, 15) is 0 Å². The van der Waals surface area contributed by atoms with Gasteiger partial charge in [0, 0.05) is 37.1 Å². The number of hydrogen-bond donors (Lipinski definition) is 1. The molecule has 1 aromatic heterocycles. The molecule has 3 nitrogen and oxygen atoms in total. The molecule has 118 valence electrons. The van der Waals surface area contributed by atoms with Gasteiger partial charge in [-0.15, -0.1) is 0 Å². The highest BCUT2D eigenvalue weighted by Gasteiger charge is 2.22. The minimum Gasteiger partial charge on any atom is -0.313 e. The Morgan fingerprint density at radius 2 is 2.05 bits per heavy atom. The van der Waals surface area contributed by atoms with E-state index in [2.05, 4.69) is 50.0 Å². The van der Waals surface area contributed by atoms with E-state index in [-0.39, 0.29) is 0 Å². The molecule has 3 heteroatoms. The fourth-order valence-corrected chi connectivity index (χ4v) is 3.41. The maximum absolute atomic E-state index is 5.06. The summed E-state index contributed by atoms with van der Waals surface area (Å²) >= 11 is 0. The molecule has 1 aromatic carbocycles. The molecule has 3 rings (SSSR count). The molecule has 0 aliphatic carbocycles. The average Bonchev–Trinajstić information content (AvgIpc) is 2.55. The number of benzene rings is 1. The number of likely N-dealkylation sites (N-methyl/N-ethyl adjacent to an activating group) is 1. The van der Waals surface area contributed by atoms with Gasteiger partial charge in [0.1, 0.15) is 0 Å². The summed E-state index contributed by atoms with van der Waals surface area (Å²) in [5.41, 5.74) is 8.11. The van der Waals surface area contributed by atoms with E-state index < -0.39 is 0 Å². The maximum Gasteiger partial charge on any atom is 0.0740 e. The van der Waals surface area contributed by atoms with Crippen molar-refractivity contribution in [3.8, 4) is 0 Å². The van der Waals surface area contributed by atoms with E-state index in [1.807, 2.05) is 0 Å². The minimum atomic E-state index is 0.942. The fourth-order valence-electron chi connectivity index (χ4n) is 3.41. The molecule has 0 fully saturated rings. The summed E-state index contributed by atoms with van der Waals surface area (Å²) in [7, 11) is 0. The summed E-state index contributed by atoms with van der Waals surface area (Å²) in [4.78, 5) is 7.58. The molecule has 0 amide bonds. The lowest BCUT2D eigenvalue weighted by molar-refractivity contribution is 0.265. The Labute approximate surface area is 133 Å². The van der Waals surface area contributed by atoms with Crippen LogP contribution in [0.15, 0.2) is 12.1 Å². The molecular weight excluding hydrogens is 270 g/mol. The summed E-state index contributed by atoms with van der Waals surface area (Å²) in [5, 5.41) is 4.86. The molecule has 1 N–H and O–H groups in total. The van der Waals surface area contributed by atoms with E-state index in [0.717, 1.165) is 39.1 Å². The Morgan fingerprint density at radius 3 is 2.77 bits per heavy atom. The van der Waals surface area contributed by atoms with Crippen LogP contribution in [0.2, 0.25) is 0 Å². The van der Waals surface area contributed by atoms with Gasteiger partial charge in [-0.1, -0.05) is 26.0 Å². The van der Waals surface area contributed by atoms with Crippen LogP contribution in [-0.4, -0.2) is 29.5 Å². The summed E-state index contributed by atoms with van der Waals surface area (Å²) in [5.74, 6) is 0. The van der Waals surface area contributed by atoms with Crippen LogP contribution in [0.1, 0.15) is 41.8 Å². The van der Waals surface area contributed by atoms with Gasteiger partial charge in [-0.05, 0) is 49.2 Å².